The molecule has 0 unspecified atom stereocenters. The predicted molar refractivity (Wildman–Crippen MR) is 165 cm³/mol. The quantitative estimate of drug-likeness (QED) is 0.302. The molecule has 1 saturated carbocycles. The van der Waals surface area contributed by atoms with Crippen molar-refractivity contribution in [3.63, 3.8) is 0 Å². The third-order valence-corrected chi connectivity index (χ3v) is 9.92. The van der Waals surface area contributed by atoms with E-state index >= 15 is 0 Å². The summed E-state index contributed by atoms with van der Waals surface area (Å²) < 4.78 is 0. The number of benzene rings is 3. The monoisotopic (exact) mass is 565 g/mol. The first kappa shape index (κ1) is 26.5. The van der Waals surface area contributed by atoms with E-state index in [-0.39, 0.29) is 5.91 Å². The first-order valence-corrected chi connectivity index (χ1v) is 15.4. The Morgan fingerprint density at radius 3 is 2.55 bits per heavy atom. The van der Waals surface area contributed by atoms with Crippen LogP contribution in [0.5, 0.6) is 0 Å². The molecule has 3 aromatic carbocycles. The Morgan fingerprint density at radius 1 is 1.00 bits per heavy atom. The van der Waals surface area contributed by atoms with Gasteiger partial charge >= 0.3 is 0 Å². The van der Waals surface area contributed by atoms with E-state index < -0.39 is 0 Å². The van der Waals surface area contributed by atoms with Crippen molar-refractivity contribution in [3.8, 4) is 6.07 Å². The maximum atomic E-state index is 14.0. The maximum Gasteiger partial charge on any atom is 0.269 e. The summed E-state index contributed by atoms with van der Waals surface area (Å²) in [5.41, 5.74) is 4.81. The van der Waals surface area contributed by atoms with Crippen LogP contribution in [-0.2, 0) is 17.9 Å². The number of amidine groups is 1. The van der Waals surface area contributed by atoms with Crippen LogP contribution in [0.3, 0.4) is 0 Å². The summed E-state index contributed by atoms with van der Waals surface area (Å²) in [6.07, 6.45) is 4.81. The Morgan fingerprint density at radius 2 is 1.77 bits per heavy atom. The normalized spacial score (nSPS) is 19.9. The Labute approximate surface area is 244 Å². The highest BCUT2D eigenvalue weighted by molar-refractivity contribution is 8.19. The van der Waals surface area contributed by atoms with E-state index in [4.69, 9.17) is 4.99 Å². The lowest BCUT2D eigenvalue weighted by Gasteiger charge is -2.19. The minimum Gasteiger partial charge on any atom is -0.382 e. The third kappa shape index (κ3) is 5.36. The summed E-state index contributed by atoms with van der Waals surface area (Å²) in [6, 6.07) is 26.9. The highest BCUT2D eigenvalue weighted by atomic mass is 32.2. The van der Waals surface area contributed by atoms with E-state index in [1.165, 1.54) is 24.6 Å². The molecular formula is C32H31N5OS2. The Hall–Kier alpha value is -3.67. The highest BCUT2D eigenvalue weighted by Crippen LogP contribution is 2.50. The molecule has 0 aromatic heterocycles. The molecule has 1 amide bonds. The largest absolute Gasteiger partial charge is 0.382 e. The summed E-state index contributed by atoms with van der Waals surface area (Å²) in [5, 5.41) is 14.9. The first-order chi connectivity index (χ1) is 19.6. The number of hydrogen-bond acceptors (Lipinski definition) is 7. The van der Waals surface area contributed by atoms with Crippen LogP contribution in [0.2, 0.25) is 0 Å². The average molecular weight is 566 g/mol. The number of nitriles is 1. The van der Waals surface area contributed by atoms with E-state index in [1.54, 1.807) is 16.7 Å². The molecule has 202 valence electrons. The predicted octanol–water partition coefficient (Wildman–Crippen LogP) is 7.35. The molecule has 3 aromatic rings. The zero-order valence-corrected chi connectivity index (χ0v) is 24.1. The Balaban J connectivity index is 1.35. The molecule has 0 spiro atoms. The maximum absolute atomic E-state index is 14.0. The molecule has 0 radical (unpaired) electrons. The molecule has 1 saturated heterocycles. The van der Waals surface area contributed by atoms with Crippen molar-refractivity contribution in [3.05, 3.63) is 99.4 Å². The number of amides is 1. The van der Waals surface area contributed by atoms with Gasteiger partial charge in [0.15, 0.2) is 5.17 Å². The number of carbonyl (C=O) groups is 1. The lowest BCUT2D eigenvalue weighted by molar-refractivity contribution is -0.122. The fraction of sp³-hybridized carbons (Fsp3) is 0.281. The molecule has 6 rings (SSSR count). The highest BCUT2D eigenvalue weighted by Gasteiger charge is 2.39. The second-order valence-electron chi connectivity index (χ2n) is 10.1. The minimum atomic E-state index is -0.0172. The van der Waals surface area contributed by atoms with Crippen molar-refractivity contribution in [2.75, 3.05) is 16.8 Å². The minimum absolute atomic E-state index is 0.0172. The zero-order chi connectivity index (χ0) is 27.5. The molecule has 2 heterocycles. The lowest BCUT2D eigenvalue weighted by atomic mass is 10.1. The summed E-state index contributed by atoms with van der Waals surface area (Å²) in [7, 11) is 0. The van der Waals surface area contributed by atoms with Gasteiger partial charge in [-0.3, -0.25) is 14.7 Å². The number of nitrogens with one attached hydrogen (secondary N) is 1. The fourth-order valence-corrected chi connectivity index (χ4v) is 7.82. The molecule has 2 aliphatic heterocycles. The van der Waals surface area contributed by atoms with E-state index in [0.29, 0.717) is 34.8 Å². The number of anilines is 2. The van der Waals surface area contributed by atoms with Crippen molar-refractivity contribution >= 4 is 46.0 Å². The molecular weight excluding hydrogens is 535 g/mol. The number of nitrogens with zero attached hydrogens (tertiary/aromatic N) is 4. The number of rotatable bonds is 7. The molecule has 1 aliphatic carbocycles. The van der Waals surface area contributed by atoms with Gasteiger partial charge in [0.25, 0.3) is 5.91 Å². The van der Waals surface area contributed by atoms with Crippen molar-refractivity contribution < 1.29 is 4.79 Å². The van der Waals surface area contributed by atoms with Crippen LogP contribution in [0, 0.1) is 11.3 Å². The van der Waals surface area contributed by atoms with E-state index in [0.717, 1.165) is 51.8 Å². The number of aliphatic imine (C=N–C) groups is 1. The van der Waals surface area contributed by atoms with Gasteiger partial charge < -0.3 is 10.2 Å². The number of fused-ring (bicyclic) bond motifs is 1. The van der Waals surface area contributed by atoms with E-state index in [9.17, 15) is 10.1 Å². The fourth-order valence-electron chi connectivity index (χ4n) is 5.45. The van der Waals surface area contributed by atoms with Gasteiger partial charge in [-0.2, -0.15) is 5.26 Å². The topological polar surface area (TPSA) is 71.7 Å². The lowest BCUT2D eigenvalue weighted by Crippen LogP contribution is -2.29. The van der Waals surface area contributed by atoms with Gasteiger partial charge in [0, 0.05) is 23.2 Å². The number of hydrogen-bond donors (Lipinski definition) is 1. The van der Waals surface area contributed by atoms with Crippen molar-refractivity contribution in [2.45, 2.75) is 56.6 Å². The zero-order valence-electron chi connectivity index (χ0n) is 22.5. The third-order valence-electron chi connectivity index (χ3n) is 7.50. The van der Waals surface area contributed by atoms with Crippen LogP contribution >= 0.6 is 23.5 Å². The number of thioether (sulfide) groups is 2. The van der Waals surface area contributed by atoms with Gasteiger partial charge in [0.2, 0.25) is 0 Å². The van der Waals surface area contributed by atoms with Crippen LogP contribution < -0.4 is 10.2 Å². The Kier molecular flexibility index (Phi) is 7.85. The van der Waals surface area contributed by atoms with E-state index in [2.05, 4.69) is 35.3 Å². The summed E-state index contributed by atoms with van der Waals surface area (Å²) in [4.78, 5) is 24.9. The van der Waals surface area contributed by atoms with Crippen LogP contribution in [0.15, 0.2) is 92.6 Å². The van der Waals surface area contributed by atoms with Gasteiger partial charge in [-0.25, -0.2) is 0 Å². The van der Waals surface area contributed by atoms with Gasteiger partial charge in [-0.15, -0.1) is 0 Å². The van der Waals surface area contributed by atoms with Crippen LogP contribution in [0.4, 0.5) is 11.4 Å². The molecule has 8 heteroatoms. The molecule has 40 heavy (non-hydrogen) atoms. The molecule has 0 bridgehead atoms. The van der Waals surface area contributed by atoms with Gasteiger partial charge in [-0.05, 0) is 73.0 Å². The summed E-state index contributed by atoms with van der Waals surface area (Å²) in [5.74, 6) is -0.0172. The molecule has 0 atom stereocenters. The van der Waals surface area contributed by atoms with Crippen LogP contribution in [0.25, 0.3) is 0 Å². The van der Waals surface area contributed by atoms with Gasteiger partial charge in [0.05, 0.1) is 30.4 Å². The second kappa shape index (κ2) is 11.8. The summed E-state index contributed by atoms with van der Waals surface area (Å²) >= 11 is 3.12. The standard InChI is InChI=1S/C32H31N5OS2/c1-2-36-27-14-8-9-15-28(27)39-31(36)29-30(38)37(21-22-10-4-3-5-11-22)32(40-29)34-20-24-18-23(19-33)16-17-26(24)35-25-12-6-7-13-25/h3-5,8-11,14-18,25,35H,2,6-7,12-13,20-21H2,1H3/b31-29-,34-32?. The SMILES string of the molecule is CCN1/C(=C2/SC(=NCc3cc(C#N)ccc3NC3CCCC3)N(Cc3ccccc3)C2=O)Sc2ccccc21. The van der Waals surface area contributed by atoms with Crippen molar-refractivity contribution in [1.29, 1.82) is 5.26 Å². The molecule has 1 N–H and O–H groups in total. The Bertz CT molecular complexity index is 1520. The number of para-hydroxylation sites is 1. The van der Waals surface area contributed by atoms with Crippen molar-refractivity contribution in [2.24, 2.45) is 4.99 Å². The van der Waals surface area contributed by atoms with Crippen LogP contribution in [-0.4, -0.2) is 28.6 Å². The van der Waals surface area contributed by atoms with Gasteiger partial charge in [0.1, 0.15) is 9.93 Å². The molecule has 2 fully saturated rings. The first-order valence-electron chi connectivity index (χ1n) is 13.8. The van der Waals surface area contributed by atoms with Crippen molar-refractivity contribution in [1.82, 2.24) is 4.90 Å². The molecule has 3 aliphatic rings. The second-order valence-corrected chi connectivity index (χ2v) is 12.1. The smallest absolute Gasteiger partial charge is 0.269 e. The van der Waals surface area contributed by atoms with Gasteiger partial charge in [-0.1, -0.05) is 67.1 Å². The molecule has 6 nitrogen and oxygen atoms in total. The van der Waals surface area contributed by atoms with Crippen LogP contribution in [0.1, 0.15) is 49.3 Å². The van der Waals surface area contributed by atoms with E-state index in [1.807, 2.05) is 60.7 Å². The summed E-state index contributed by atoms with van der Waals surface area (Å²) in [6.45, 7) is 3.74. The average Bonchev–Trinajstić information content (AvgIpc) is 3.71. The number of carbonyl (C=O) groups excluding carboxylic acids is 1.